The lowest BCUT2D eigenvalue weighted by Gasteiger charge is -2.18. The fourth-order valence-corrected chi connectivity index (χ4v) is 2.34. The van der Waals surface area contributed by atoms with Gasteiger partial charge in [0.1, 0.15) is 5.75 Å². The summed E-state index contributed by atoms with van der Waals surface area (Å²) in [6.07, 6.45) is -0.232. The van der Waals surface area contributed by atoms with Crippen molar-refractivity contribution in [3.63, 3.8) is 0 Å². The fraction of sp³-hybridized carbons (Fsp3) is 0.222. The van der Waals surface area contributed by atoms with Gasteiger partial charge in [0.15, 0.2) is 17.5 Å². The third-order valence-electron chi connectivity index (χ3n) is 3.59. The second-order valence-electron chi connectivity index (χ2n) is 5.50. The minimum absolute atomic E-state index is 0.232. The highest BCUT2D eigenvalue weighted by Crippen LogP contribution is 2.23. The fourth-order valence-electron chi connectivity index (χ4n) is 2.34. The number of hydrogen-bond acceptors (Lipinski definition) is 3. The maximum Gasteiger partial charge on any atom is 0.226 e. The summed E-state index contributed by atoms with van der Waals surface area (Å²) in [5.74, 6) is -4.95. The van der Waals surface area contributed by atoms with Crippen molar-refractivity contribution in [1.29, 1.82) is 0 Å². The molecule has 0 radical (unpaired) electrons. The quantitative estimate of drug-likeness (QED) is 0.771. The molecule has 0 aromatic heterocycles. The van der Waals surface area contributed by atoms with Crippen molar-refractivity contribution in [3.8, 4) is 5.75 Å². The van der Waals surface area contributed by atoms with E-state index < -0.39 is 35.1 Å². The molecule has 0 heterocycles. The second kappa shape index (κ2) is 8.37. The molecule has 2 rings (SSSR count). The Morgan fingerprint density at radius 3 is 2.27 bits per heavy atom. The molecule has 2 N–H and O–H groups in total. The number of anilines is 1. The molecule has 2 aromatic rings. The van der Waals surface area contributed by atoms with Gasteiger partial charge in [-0.3, -0.25) is 9.59 Å². The van der Waals surface area contributed by atoms with Gasteiger partial charge < -0.3 is 15.4 Å². The predicted octanol–water partition coefficient (Wildman–Crippen LogP) is 3.32. The van der Waals surface area contributed by atoms with E-state index in [4.69, 9.17) is 4.74 Å². The highest BCUT2D eigenvalue weighted by atomic mass is 19.2. The molecule has 5 nitrogen and oxygen atoms in total. The molecule has 1 atom stereocenters. The zero-order chi connectivity index (χ0) is 19.3. The largest absolute Gasteiger partial charge is 0.497 e. The van der Waals surface area contributed by atoms with Crippen LogP contribution in [0.3, 0.4) is 0 Å². The molecule has 8 heteroatoms. The molecule has 0 saturated heterocycles. The van der Waals surface area contributed by atoms with Crippen LogP contribution >= 0.6 is 0 Å². The van der Waals surface area contributed by atoms with Crippen molar-refractivity contribution >= 4 is 17.5 Å². The van der Waals surface area contributed by atoms with Crippen molar-refractivity contribution < 1.29 is 27.5 Å². The third kappa shape index (κ3) is 4.75. The van der Waals surface area contributed by atoms with Crippen LogP contribution in [0.1, 0.15) is 24.9 Å². The minimum atomic E-state index is -1.67. The number of ether oxygens (including phenoxy) is 1. The average Bonchev–Trinajstić information content (AvgIpc) is 2.61. The Labute approximate surface area is 148 Å². The van der Waals surface area contributed by atoms with Crippen LogP contribution in [0, 0.1) is 17.5 Å². The number of halogens is 3. The molecule has 0 aliphatic rings. The summed E-state index contributed by atoms with van der Waals surface area (Å²) >= 11 is 0. The van der Waals surface area contributed by atoms with Crippen molar-refractivity contribution in [3.05, 3.63) is 59.4 Å². The topological polar surface area (TPSA) is 67.4 Å². The van der Waals surface area contributed by atoms with Crippen molar-refractivity contribution in [2.45, 2.75) is 19.4 Å². The standard InChI is InChI=1S/C18H17F3N2O3/c1-10(24)22-15(11-3-5-12(26-2)6-4-11)9-16(25)23-14-8-7-13(19)17(20)18(14)21/h3-8,15H,9H2,1-2H3,(H,22,24)(H,23,25)/t15-/m0/s1. The summed E-state index contributed by atoms with van der Waals surface area (Å²) in [6, 6.07) is 7.62. The van der Waals surface area contributed by atoms with Crippen molar-refractivity contribution in [1.82, 2.24) is 5.32 Å². The number of rotatable bonds is 6. The van der Waals surface area contributed by atoms with Gasteiger partial charge in [0.2, 0.25) is 11.8 Å². The number of carbonyl (C=O) groups excluding carboxylic acids is 2. The summed E-state index contributed by atoms with van der Waals surface area (Å²) in [7, 11) is 1.50. The first-order valence-electron chi connectivity index (χ1n) is 7.66. The Morgan fingerprint density at radius 1 is 1.04 bits per heavy atom. The zero-order valence-corrected chi connectivity index (χ0v) is 14.1. The molecule has 0 aliphatic heterocycles. The van der Waals surface area contributed by atoms with E-state index in [1.54, 1.807) is 24.3 Å². The molecule has 0 fully saturated rings. The molecule has 0 aliphatic carbocycles. The van der Waals surface area contributed by atoms with Crippen LogP contribution in [0.15, 0.2) is 36.4 Å². The van der Waals surface area contributed by atoms with Crippen LogP contribution in [0.25, 0.3) is 0 Å². The average molecular weight is 366 g/mol. The van der Waals surface area contributed by atoms with Gasteiger partial charge in [0.05, 0.1) is 25.3 Å². The van der Waals surface area contributed by atoms with E-state index in [-0.39, 0.29) is 12.3 Å². The highest BCUT2D eigenvalue weighted by Gasteiger charge is 2.20. The first-order chi connectivity index (χ1) is 12.3. The minimum Gasteiger partial charge on any atom is -0.497 e. The van der Waals surface area contributed by atoms with E-state index in [2.05, 4.69) is 10.6 Å². The van der Waals surface area contributed by atoms with E-state index >= 15 is 0 Å². The van der Waals surface area contributed by atoms with E-state index in [9.17, 15) is 22.8 Å². The number of nitrogens with one attached hydrogen (secondary N) is 2. The monoisotopic (exact) mass is 366 g/mol. The number of carbonyl (C=O) groups is 2. The van der Waals surface area contributed by atoms with Gasteiger partial charge >= 0.3 is 0 Å². The number of amides is 2. The van der Waals surface area contributed by atoms with E-state index in [0.717, 1.165) is 6.07 Å². The molecule has 0 unspecified atom stereocenters. The lowest BCUT2D eigenvalue weighted by molar-refractivity contribution is -0.120. The summed E-state index contributed by atoms with van der Waals surface area (Å²) in [6.45, 7) is 1.30. The van der Waals surface area contributed by atoms with Gasteiger partial charge in [-0.15, -0.1) is 0 Å². The first kappa shape index (κ1) is 19.3. The van der Waals surface area contributed by atoms with E-state index in [1.165, 1.54) is 14.0 Å². The molecule has 138 valence electrons. The maximum absolute atomic E-state index is 13.7. The Morgan fingerprint density at radius 2 is 1.69 bits per heavy atom. The first-order valence-corrected chi connectivity index (χ1v) is 7.66. The molecule has 2 amide bonds. The number of hydrogen-bond donors (Lipinski definition) is 2. The van der Waals surface area contributed by atoms with Crippen LogP contribution in [0.5, 0.6) is 5.75 Å². The van der Waals surface area contributed by atoms with Crippen LogP contribution in [0.2, 0.25) is 0 Å². The summed E-state index contributed by atoms with van der Waals surface area (Å²) in [5.41, 5.74) is 0.145. The van der Waals surface area contributed by atoms with E-state index in [0.29, 0.717) is 17.4 Å². The van der Waals surface area contributed by atoms with Crippen LogP contribution < -0.4 is 15.4 Å². The number of methoxy groups -OCH3 is 1. The smallest absolute Gasteiger partial charge is 0.226 e. The van der Waals surface area contributed by atoms with Gasteiger partial charge in [0.25, 0.3) is 0 Å². The van der Waals surface area contributed by atoms with Crippen LogP contribution in [-0.2, 0) is 9.59 Å². The zero-order valence-electron chi connectivity index (χ0n) is 14.1. The second-order valence-corrected chi connectivity index (χ2v) is 5.50. The molecule has 0 bridgehead atoms. The Bertz CT molecular complexity index is 810. The normalized spacial score (nSPS) is 11.6. The van der Waals surface area contributed by atoms with Gasteiger partial charge in [-0.25, -0.2) is 13.2 Å². The molecule has 0 spiro atoms. The summed E-state index contributed by atoms with van der Waals surface area (Å²) in [4.78, 5) is 23.6. The van der Waals surface area contributed by atoms with Gasteiger partial charge in [-0.2, -0.15) is 0 Å². The maximum atomic E-state index is 13.7. The predicted molar refractivity (Wildman–Crippen MR) is 89.1 cm³/mol. The molecule has 0 saturated carbocycles. The Kier molecular flexibility index (Phi) is 6.21. The summed E-state index contributed by atoms with van der Waals surface area (Å²) in [5, 5.41) is 4.79. The van der Waals surface area contributed by atoms with E-state index in [1.807, 2.05) is 0 Å². The van der Waals surface area contributed by atoms with Gasteiger partial charge in [-0.1, -0.05) is 12.1 Å². The molecular formula is C18H17F3N2O3. The Hall–Kier alpha value is -3.03. The lowest BCUT2D eigenvalue weighted by atomic mass is 10.0. The highest BCUT2D eigenvalue weighted by molar-refractivity contribution is 5.91. The number of benzene rings is 2. The molecule has 26 heavy (non-hydrogen) atoms. The van der Waals surface area contributed by atoms with Crippen LogP contribution in [0.4, 0.5) is 18.9 Å². The van der Waals surface area contributed by atoms with Gasteiger partial charge in [0, 0.05) is 6.92 Å². The van der Waals surface area contributed by atoms with Crippen molar-refractivity contribution in [2.24, 2.45) is 0 Å². The SMILES string of the molecule is COc1ccc([C@H](CC(=O)Nc2ccc(F)c(F)c2F)NC(C)=O)cc1. The lowest BCUT2D eigenvalue weighted by Crippen LogP contribution is -2.30. The van der Waals surface area contributed by atoms with Crippen LogP contribution in [-0.4, -0.2) is 18.9 Å². The molecule has 2 aromatic carbocycles. The Balaban J connectivity index is 2.15. The van der Waals surface area contributed by atoms with Crippen molar-refractivity contribution in [2.75, 3.05) is 12.4 Å². The molecular weight excluding hydrogens is 349 g/mol. The summed E-state index contributed by atoms with van der Waals surface area (Å²) < 4.78 is 44.9. The van der Waals surface area contributed by atoms with Gasteiger partial charge in [-0.05, 0) is 29.8 Å². The third-order valence-corrected chi connectivity index (χ3v) is 3.59.